The molecule has 1 aromatic carbocycles. The molecular weight excluding hydrogens is 249 g/mol. The summed E-state index contributed by atoms with van der Waals surface area (Å²) in [7, 11) is 0. The molecule has 1 atom stereocenters. The third-order valence-electron chi connectivity index (χ3n) is 3.11. The van der Waals surface area contributed by atoms with Crippen LogP contribution in [-0.2, 0) is 4.79 Å². The molecule has 5 heteroatoms. The zero-order chi connectivity index (χ0) is 14.6. The predicted molar refractivity (Wildman–Crippen MR) is 69.6 cm³/mol. The molecule has 0 radical (unpaired) electrons. The maximum absolute atomic E-state index is 13.9. The Balaban J connectivity index is 3.11. The van der Waals surface area contributed by atoms with Crippen molar-refractivity contribution in [3.8, 4) is 0 Å². The van der Waals surface area contributed by atoms with E-state index in [2.05, 4.69) is 0 Å². The van der Waals surface area contributed by atoms with E-state index in [1.165, 1.54) is 11.0 Å². The summed E-state index contributed by atoms with van der Waals surface area (Å²) in [5.74, 6) is -2.29. The third-order valence-corrected chi connectivity index (χ3v) is 3.11. The van der Waals surface area contributed by atoms with Crippen molar-refractivity contribution in [2.75, 3.05) is 6.54 Å². The van der Waals surface area contributed by atoms with Crippen molar-refractivity contribution in [1.82, 2.24) is 4.90 Å². The average Bonchev–Trinajstić information content (AvgIpc) is 2.37. The number of benzene rings is 1. The fourth-order valence-corrected chi connectivity index (χ4v) is 1.76. The van der Waals surface area contributed by atoms with Crippen molar-refractivity contribution in [3.05, 3.63) is 35.1 Å². The Morgan fingerprint density at radius 3 is 2.58 bits per heavy atom. The average molecular weight is 267 g/mol. The summed E-state index contributed by atoms with van der Waals surface area (Å²) < 4.78 is 13.9. The third kappa shape index (κ3) is 3.53. The second-order valence-corrected chi connectivity index (χ2v) is 4.52. The fourth-order valence-electron chi connectivity index (χ4n) is 1.76. The Labute approximate surface area is 111 Å². The number of aliphatic carboxylic acids is 1. The van der Waals surface area contributed by atoms with Gasteiger partial charge in [-0.2, -0.15) is 0 Å². The highest BCUT2D eigenvalue weighted by atomic mass is 19.1. The van der Waals surface area contributed by atoms with Crippen LogP contribution in [0.3, 0.4) is 0 Å². The molecule has 104 valence electrons. The van der Waals surface area contributed by atoms with Crippen molar-refractivity contribution in [2.24, 2.45) is 0 Å². The maximum atomic E-state index is 13.9. The minimum Gasteiger partial charge on any atom is -0.480 e. The molecule has 0 aromatic heterocycles. The molecule has 0 aliphatic rings. The molecule has 0 saturated carbocycles. The quantitative estimate of drug-likeness (QED) is 0.891. The van der Waals surface area contributed by atoms with E-state index in [0.717, 1.165) is 0 Å². The van der Waals surface area contributed by atoms with Gasteiger partial charge in [0.25, 0.3) is 5.91 Å². The number of carbonyl (C=O) groups excluding carboxylic acids is 1. The van der Waals surface area contributed by atoms with Crippen LogP contribution in [0.1, 0.15) is 36.2 Å². The van der Waals surface area contributed by atoms with E-state index in [-0.39, 0.29) is 11.6 Å². The molecule has 0 bridgehead atoms. The zero-order valence-corrected chi connectivity index (χ0v) is 11.3. The van der Waals surface area contributed by atoms with Crippen molar-refractivity contribution in [1.29, 1.82) is 0 Å². The summed E-state index contributed by atoms with van der Waals surface area (Å²) in [5.41, 5.74) is 0.284. The lowest BCUT2D eigenvalue weighted by atomic mass is 10.1. The molecule has 1 N–H and O–H groups in total. The highest BCUT2D eigenvalue weighted by Gasteiger charge is 2.25. The molecule has 0 aliphatic carbocycles. The van der Waals surface area contributed by atoms with Crippen LogP contribution in [0.5, 0.6) is 0 Å². The monoisotopic (exact) mass is 267 g/mol. The van der Waals surface area contributed by atoms with Gasteiger partial charge in [-0.25, -0.2) is 4.39 Å². The number of nitrogens with zero attached hydrogens (tertiary/aromatic N) is 1. The van der Waals surface area contributed by atoms with Crippen molar-refractivity contribution >= 4 is 11.9 Å². The number of amides is 1. The molecule has 0 heterocycles. The molecule has 0 spiro atoms. The predicted octanol–water partition coefficient (Wildman–Crippen LogP) is 2.46. The number of rotatable bonds is 5. The first-order valence-electron chi connectivity index (χ1n) is 6.16. The first-order valence-corrected chi connectivity index (χ1v) is 6.16. The largest absolute Gasteiger partial charge is 0.480 e. The topological polar surface area (TPSA) is 57.6 Å². The second-order valence-electron chi connectivity index (χ2n) is 4.52. The second kappa shape index (κ2) is 6.31. The Morgan fingerprint density at radius 2 is 2.05 bits per heavy atom. The van der Waals surface area contributed by atoms with Gasteiger partial charge < -0.3 is 10.0 Å². The van der Waals surface area contributed by atoms with Crippen LogP contribution in [0, 0.1) is 12.7 Å². The summed E-state index contributed by atoms with van der Waals surface area (Å²) in [4.78, 5) is 24.3. The lowest BCUT2D eigenvalue weighted by Crippen LogP contribution is -2.42. The Bertz CT molecular complexity index is 488. The molecular formula is C14H18FNO3. The number of carboxylic acid groups (broad SMARTS) is 1. The van der Waals surface area contributed by atoms with Crippen molar-refractivity contribution in [3.63, 3.8) is 0 Å². The standard InChI is InChI=1S/C14H18FNO3/c1-4-10(3)16(8-12(17)18)14(19)11-7-5-6-9(2)13(11)15/h5-7,10H,4,8H2,1-3H3,(H,17,18). The van der Waals surface area contributed by atoms with Crippen LogP contribution in [0.4, 0.5) is 4.39 Å². The van der Waals surface area contributed by atoms with E-state index in [0.29, 0.717) is 12.0 Å². The summed E-state index contributed by atoms with van der Waals surface area (Å²) >= 11 is 0. The zero-order valence-electron chi connectivity index (χ0n) is 11.3. The molecule has 1 unspecified atom stereocenters. The molecule has 19 heavy (non-hydrogen) atoms. The summed E-state index contributed by atoms with van der Waals surface area (Å²) in [6.45, 7) is 4.73. The lowest BCUT2D eigenvalue weighted by Gasteiger charge is -2.27. The van der Waals surface area contributed by atoms with Crippen LogP contribution in [0.25, 0.3) is 0 Å². The highest BCUT2D eigenvalue weighted by molar-refractivity contribution is 5.96. The number of hydrogen-bond acceptors (Lipinski definition) is 2. The van der Waals surface area contributed by atoms with Gasteiger partial charge >= 0.3 is 5.97 Å². The smallest absolute Gasteiger partial charge is 0.323 e. The molecule has 0 aliphatic heterocycles. The summed E-state index contributed by atoms with van der Waals surface area (Å²) in [5, 5.41) is 8.86. The van der Waals surface area contributed by atoms with Crippen molar-refractivity contribution < 1.29 is 19.1 Å². The number of halogens is 1. The molecule has 1 rings (SSSR count). The van der Waals surface area contributed by atoms with E-state index in [1.807, 2.05) is 6.92 Å². The minimum absolute atomic E-state index is 0.0819. The number of carboxylic acids is 1. The number of aryl methyl sites for hydroxylation is 1. The van der Waals surface area contributed by atoms with E-state index in [4.69, 9.17) is 5.11 Å². The highest BCUT2D eigenvalue weighted by Crippen LogP contribution is 2.16. The van der Waals surface area contributed by atoms with E-state index < -0.39 is 24.2 Å². The van der Waals surface area contributed by atoms with Gasteiger partial charge in [-0.05, 0) is 31.9 Å². The van der Waals surface area contributed by atoms with Crippen LogP contribution in [0.2, 0.25) is 0 Å². The van der Waals surface area contributed by atoms with Crippen LogP contribution in [0.15, 0.2) is 18.2 Å². The van der Waals surface area contributed by atoms with Gasteiger partial charge in [0.1, 0.15) is 12.4 Å². The normalized spacial score (nSPS) is 12.0. The Kier molecular flexibility index (Phi) is 5.03. The Morgan fingerprint density at radius 1 is 1.42 bits per heavy atom. The summed E-state index contributed by atoms with van der Waals surface area (Å²) in [6, 6.07) is 4.27. The van der Waals surface area contributed by atoms with E-state index >= 15 is 0 Å². The maximum Gasteiger partial charge on any atom is 0.323 e. The van der Waals surface area contributed by atoms with Gasteiger partial charge in [-0.1, -0.05) is 19.1 Å². The fraction of sp³-hybridized carbons (Fsp3) is 0.429. The van der Waals surface area contributed by atoms with Crippen LogP contribution < -0.4 is 0 Å². The molecule has 0 fully saturated rings. The van der Waals surface area contributed by atoms with Gasteiger partial charge in [0.2, 0.25) is 0 Å². The summed E-state index contributed by atoms with van der Waals surface area (Å²) in [6.07, 6.45) is 0.604. The van der Waals surface area contributed by atoms with Crippen LogP contribution in [-0.4, -0.2) is 34.5 Å². The van der Waals surface area contributed by atoms with Gasteiger partial charge in [0.05, 0.1) is 5.56 Å². The number of carbonyl (C=O) groups is 2. The molecule has 1 amide bonds. The SMILES string of the molecule is CCC(C)N(CC(=O)O)C(=O)c1cccc(C)c1F. The first kappa shape index (κ1) is 15.1. The van der Waals surface area contributed by atoms with E-state index in [9.17, 15) is 14.0 Å². The van der Waals surface area contributed by atoms with Gasteiger partial charge in [0, 0.05) is 6.04 Å². The van der Waals surface area contributed by atoms with E-state index in [1.54, 1.807) is 26.0 Å². The molecule has 0 saturated heterocycles. The number of hydrogen-bond donors (Lipinski definition) is 1. The minimum atomic E-state index is -1.11. The van der Waals surface area contributed by atoms with Gasteiger partial charge in [-0.3, -0.25) is 9.59 Å². The molecule has 1 aromatic rings. The lowest BCUT2D eigenvalue weighted by molar-refractivity contribution is -0.138. The van der Waals surface area contributed by atoms with Crippen molar-refractivity contribution in [2.45, 2.75) is 33.2 Å². The van der Waals surface area contributed by atoms with Gasteiger partial charge in [-0.15, -0.1) is 0 Å². The molecule has 4 nitrogen and oxygen atoms in total. The first-order chi connectivity index (χ1) is 8.88. The van der Waals surface area contributed by atoms with Crippen LogP contribution >= 0.6 is 0 Å². The van der Waals surface area contributed by atoms with Gasteiger partial charge in [0.15, 0.2) is 0 Å². The Hall–Kier alpha value is -1.91.